The second kappa shape index (κ2) is 25.0. The van der Waals surface area contributed by atoms with Crippen molar-refractivity contribution in [1.82, 2.24) is 0 Å². The SMILES string of the molecule is CCCCCCCC[N+](C)(CCCCCCCC)CCCCCCCC.C[O-]. The second-order valence-electron chi connectivity index (χ2n) is 9.09. The number of unbranched alkanes of at least 4 members (excludes halogenated alkanes) is 15. The van der Waals surface area contributed by atoms with Crippen molar-refractivity contribution < 1.29 is 9.59 Å². The van der Waals surface area contributed by atoms with Crippen LogP contribution in [0.4, 0.5) is 0 Å². The first-order valence-corrected chi connectivity index (χ1v) is 12.9. The second-order valence-corrected chi connectivity index (χ2v) is 9.09. The smallest absolute Gasteiger partial charge is 0.0784 e. The van der Waals surface area contributed by atoms with Crippen LogP contribution >= 0.6 is 0 Å². The summed E-state index contributed by atoms with van der Waals surface area (Å²) in [4.78, 5) is 0. The molecule has 0 heterocycles. The van der Waals surface area contributed by atoms with E-state index >= 15 is 0 Å². The van der Waals surface area contributed by atoms with Crippen molar-refractivity contribution in [3.8, 4) is 0 Å². The van der Waals surface area contributed by atoms with Gasteiger partial charge in [-0.05, 0) is 38.5 Å². The topological polar surface area (TPSA) is 23.1 Å². The molecular formula is C26H57NO. The fourth-order valence-electron chi connectivity index (χ4n) is 4.16. The Labute approximate surface area is 180 Å². The third-order valence-electron chi connectivity index (χ3n) is 6.15. The number of hydrogen-bond donors (Lipinski definition) is 0. The predicted molar refractivity (Wildman–Crippen MR) is 127 cm³/mol. The normalized spacial score (nSPS) is 11.4. The molecule has 0 atom stereocenters. The van der Waals surface area contributed by atoms with E-state index in [0.717, 1.165) is 7.11 Å². The molecule has 0 rings (SSSR count). The summed E-state index contributed by atoms with van der Waals surface area (Å²) in [5.41, 5.74) is 0. The maximum atomic E-state index is 8.25. The molecular weight excluding hydrogens is 342 g/mol. The van der Waals surface area contributed by atoms with Gasteiger partial charge < -0.3 is 9.59 Å². The van der Waals surface area contributed by atoms with Gasteiger partial charge in [0.15, 0.2) is 0 Å². The van der Waals surface area contributed by atoms with Crippen LogP contribution in [0, 0.1) is 0 Å². The average Bonchev–Trinajstić information content (AvgIpc) is 2.71. The van der Waals surface area contributed by atoms with Gasteiger partial charge in [0.1, 0.15) is 0 Å². The van der Waals surface area contributed by atoms with E-state index in [1.54, 1.807) is 0 Å². The summed E-state index contributed by atoms with van der Waals surface area (Å²) in [7, 11) is 3.31. The lowest BCUT2D eigenvalue weighted by molar-refractivity contribution is -0.910. The van der Waals surface area contributed by atoms with Crippen molar-refractivity contribution in [3.05, 3.63) is 0 Å². The van der Waals surface area contributed by atoms with Crippen molar-refractivity contribution in [2.75, 3.05) is 33.8 Å². The van der Waals surface area contributed by atoms with Crippen molar-refractivity contribution in [3.63, 3.8) is 0 Å². The highest BCUT2D eigenvalue weighted by Gasteiger charge is 2.20. The molecule has 2 nitrogen and oxygen atoms in total. The molecule has 0 spiro atoms. The van der Waals surface area contributed by atoms with Crippen LogP contribution < -0.4 is 5.11 Å². The van der Waals surface area contributed by atoms with Gasteiger partial charge in [-0.25, -0.2) is 0 Å². The fourth-order valence-corrected chi connectivity index (χ4v) is 4.16. The molecule has 0 unspecified atom stereocenters. The summed E-state index contributed by atoms with van der Waals surface area (Å²) >= 11 is 0. The van der Waals surface area contributed by atoms with Gasteiger partial charge in [0.25, 0.3) is 0 Å². The molecule has 172 valence electrons. The third kappa shape index (κ3) is 22.2. The maximum Gasteiger partial charge on any atom is 0.0784 e. The van der Waals surface area contributed by atoms with Gasteiger partial charge >= 0.3 is 0 Å². The van der Waals surface area contributed by atoms with Crippen LogP contribution in [0.3, 0.4) is 0 Å². The highest BCUT2D eigenvalue weighted by molar-refractivity contribution is 4.51. The molecule has 0 fully saturated rings. The summed E-state index contributed by atoms with van der Waals surface area (Å²) in [5, 5.41) is 8.25. The molecule has 0 aliphatic carbocycles. The maximum absolute atomic E-state index is 8.25. The Morgan fingerprint density at radius 2 is 0.607 bits per heavy atom. The Hall–Kier alpha value is -0.0800. The van der Waals surface area contributed by atoms with Crippen LogP contribution in [0.2, 0.25) is 0 Å². The van der Waals surface area contributed by atoms with E-state index in [1.807, 2.05) is 0 Å². The quantitative estimate of drug-likeness (QED) is 0.145. The number of nitrogens with zero attached hydrogens (tertiary/aromatic N) is 1. The van der Waals surface area contributed by atoms with Crippen LogP contribution in [0.25, 0.3) is 0 Å². The van der Waals surface area contributed by atoms with E-state index in [1.165, 1.54) is 140 Å². The molecule has 0 saturated heterocycles. The van der Waals surface area contributed by atoms with Gasteiger partial charge in [0.2, 0.25) is 0 Å². The number of hydrogen-bond acceptors (Lipinski definition) is 1. The van der Waals surface area contributed by atoms with E-state index in [4.69, 9.17) is 5.11 Å². The molecule has 0 radical (unpaired) electrons. The number of rotatable bonds is 21. The molecule has 0 saturated carbocycles. The van der Waals surface area contributed by atoms with Crippen LogP contribution in [0.15, 0.2) is 0 Å². The molecule has 2 heteroatoms. The van der Waals surface area contributed by atoms with E-state index in [0.29, 0.717) is 0 Å². The summed E-state index contributed by atoms with van der Waals surface area (Å²) in [5.74, 6) is 0. The van der Waals surface area contributed by atoms with E-state index in [9.17, 15) is 0 Å². The molecule has 0 bridgehead atoms. The van der Waals surface area contributed by atoms with Gasteiger partial charge in [0, 0.05) is 0 Å². The first-order valence-electron chi connectivity index (χ1n) is 12.9. The third-order valence-corrected chi connectivity index (χ3v) is 6.15. The Balaban J connectivity index is 0. The highest BCUT2D eigenvalue weighted by atomic mass is 16.2. The zero-order valence-electron chi connectivity index (χ0n) is 20.7. The van der Waals surface area contributed by atoms with Gasteiger partial charge in [-0.15, -0.1) is 0 Å². The Bertz CT molecular complexity index is 226. The summed E-state index contributed by atoms with van der Waals surface area (Å²) in [6, 6.07) is 0. The van der Waals surface area contributed by atoms with Crippen molar-refractivity contribution in [2.45, 2.75) is 136 Å². The Kier molecular flexibility index (Phi) is 26.8. The molecule has 0 aliphatic heterocycles. The fraction of sp³-hybridized carbons (Fsp3) is 1.00. The highest BCUT2D eigenvalue weighted by Crippen LogP contribution is 2.16. The van der Waals surface area contributed by atoms with Gasteiger partial charge in [0.05, 0.1) is 26.7 Å². The van der Waals surface area contributed by atoms with E-state index < -0.39 is 0 Å². The summed E-state index contributed by atoms with van der Waals surface area (Å²) in [6.45, 7) is 11.2. The lowest BCUT2D eigenvalue weighted by Crippen LogP contribution is -2.46. The van der Waals surface area contributed by atoms with Crippen LogP contribution in [-0.2, 0) is 0 Å². The zero-order valence-corrected chi connectivity index (χ0v) is 20.7. The van der Waals surface area contributed by atoms with Gasteiger partial charge in [-0.3, -0.25) is 0 Å². The van der Waals surface area contributed by atoms with Crippen molar-refractivity contribution in [2.24, 2.45) is 0 Å². The van der Waals surface area contributed by atoms with E-state index in [2.05, 4.69) is 27.8 Å². The van der Waals surface area contributed by atoms with Crippen LogP contribution in [-0.4, -0.2) is 38.3 Å². The first-order chi connectivity index (χ1) is 13.7. The molecule has 0 aromatic rings. The van der Waals surface area contributed by atoms with Crippen molar-refractivity contribution >= 4 is 0 Å². The Morgan fingerprint density at radius 1 is 0.393 bits per heavy atom. The van der Waals surface area contributed by atoms with Gasteiger partial charge in [-0.1, -0.05) is 97.8 Å². The van der Waals surface area contributed by atoms with Crippen LogP contribution in [0.1, 0.15) is 136 Å². The lowest BCUT2D eigenvalue weighted by atomic mass is 10.1. The minimum Gasteiger partial charge on any atom is -0.857 e. The predicted octanol–water partition coefficient (Wildman–Crippen LogP) is 7.49. The van der Waals surface area contributed by atoms with Crippen molar-refractivity contribution in [1.29, 1.82) is 0 Å². The minimum absolute atomic E-state index is 0.750. The lowest BCUT2D eigenvalue weighted by Gasteiger charge is -2.35. The standard InChI is InChI=1S/C25H54N.CH3O/c1-5-8-11-14-17-20-23-26(4,24-21-18-15-12-9-6-2)25-22-19-16-13-10-7-3;1-2/h5-25H2,1-4H3;1H3/q+1;-1. The number of quaternary nitrogens is 1. The molecule has 0 N–H and O–H groups in total. The first kappa shape index (κ1) is 30.1. The monoisotopic (exact) mass is 399 g/mol. The largest absolute Gasteiger partial charge is 0.857 e. The Morgan fingerprint density at radius 3 is 0.857 bits per heavy atom. The molecule has 0 aromatic carbocycles. The van der Waals surface area contributed by atoms with Crippen LogP contribution in [0.5, 0.6) is 0 Å². The molecule has 0 aliphatic rings. The summed E-state index contributed by atoms with van der Waals surface area (Å²) < 4.78 is 1.36. The average molecular weight is 400 g/mol. The molecule has 28 heavy (non-hydrogen) atoms. The molecule has 0 amide bonds. The van der Waals surface area contributed by atoms with Gasteiger partial charge in [-0.2, -0.15) is 7.11 Å². The minimum atomic E-state index is 0.750. The van der Waals surface area contributed by atoms with E-state index in [-0.39, 0.29) is 0 Å². The summed E-state index contributed by atoms with van der Waals surface area (Å²) in [6.07, 6.45) is 25.9. The molecule has 0 aromatic heterocycles. The zero-order chi connectivity index (χ0) is 21.3.